The Labute approximate surface area is 195 Å². The molecule has 176 valence electrons. The number of carbonyl (C=O) groups excluding carboxylic acids is 2. The first kappa shape index (κ1) is 23.1. The van der Waals surface area contributed by atoms with Crippen molar-refractivity contribution in [2.24, 2.45) is 0 Å². The quantitative estimate of drug-likeness (QED) is 0.188. The highest BCUT2D eigenvalue weighted by Gasteiger charge is 2.38. The SMILES string of the molecule is C=C(C)COc1c(OC)cccc1C1CC(=O)Oc2c(C(C)=O)c(O)c3c(C)cc(=O)oc3c21. The van der Waals surface area contributed by atoms with Gasteiger partial charge >= 0.3 is 11.6 Å². The lowest BCUT2D eigenvalue weighted by molar-refractivity contribution is -0.135. The van der Waals surface area contributed by atoms with Crippen molar-refractivity contribution in [1.29, 1.82) is 0 Å². The molecular formula is C26H24O8. The van der Waals surface area contributed by atoms with Crippen LogP contribution < -0.4 is 19.8 Å². The van der Waals surface area contributed by atoms with E-state index in [1.54, 1.807) is 25.1 Å². The van der Waals surface area contributed by atoms with Gasteiger partial charge in [-0.2, -0.15) is 0 Å². The average molecular weight is 464 g/mol. The van der Waals surface area contributed by atoms with Crippen molar-refractivity contribution in [3.05, 3.63) is 69.1 Å². The first-order valence-corrected chi connectivity index (χ1v) is 10.6. The van der Waals surface area contributed by atoms with Gasteiger partial charge in [0.1, 0.15) is 23.5 Å². The largest absolute Gasteiger partial charge is 0.506 e. The van der Waals surface area contributed by atoms with Crippen LogP contribution in [0.2, 0.25) is 0 Å². The van der Waals surface area contributed by atoms with Crippen LogP contribution in [0, 0.1) is 6.92 Å². The molecule has 0 spiro atoms. The van der Waals surface area contributed by atoms with E-state index in [0.29, 0.717) is 28.2 Å². The molecule has 0 amide bonds. The molecule has 0 bridgehead atoms. The van der Waals surface area contributed by atoms with Crippen LogP contribution in [0.25, 0.3) is 11.0 Å². The summed E-state index contributed by atoms with van der Waals surface area (Å²) in [4.78, 5) is 37.6. The van der Waals surface area contributed by atoms with Crippen molar-refractivity contribution in [2.45, 2.75) is 33.1 Å². The maximum Gasteiger partial charge on any atom is 0.336 e. The summed E-state index contributed by atoms with van der Waals surface area (Å²) in [7, 11) is 1.50. The van der Waals surface area contributed by atoms with Gasteiger partial charge in [-0.15, -0.1) is 0 Å². The molecule has 1 unspecified atom stereocenters. The molecule has 8 nitrogen and oxygen atoms in total. The van der Waals surface area contributed by atoms with Crippen LogP contribution in [0.1, 0.15) is 53.2 Å². The van der Waals surface area contributed by atoms with E-state index in [2.05, 4.69) is 6.58 Å². The first-order chi connectivity index (χ1) is 16.1. The lowest BCUT2D eigenvalue weighted by Crippen LogP contribution is -2.24. The Morgan fingerprint density at radius 1 is 1.26 bits per heavy atom. The molecule has 2 heterocycles. The van der Waals surface area contributed by atoms with E-state index < -0.39 is 29.0 Å². The Bertz CT molecular complexity index is 1410. The van der Waals surface area contributed by atoms with Crippen LogP contribution in [-0.4, -0.2) is 30.6 Å². The Kier molecular flexibility index (Phi) is 5.91. The number of rotatable bonds is 6. The fourth-order valence-electron chi connectivity index (χ4n) is 4.32. The zero-order valence-electron chi connectivity index (χ0n) is 19.3. The van der Waals surface area contributed by atoms with Gasteiger partial charge in [0.15, 0.2) is 23.0 Å². The maximum absolute atomic E-state index is 12.7. The van der Waals surface area contributed by atoms with E-state index in [-0.39, 0.29) is 35.3 Å². The summed E-state index contributed by atoms with van der Waals surface area (Å²) in [6.07, 6.45) is -0.113. The summed E-state index contributed by atoms with van der Waals surface area (Å²) in [6.45, 7) is 8.78. The highest BCUT2D eigenvalue weighted by molar-refractivity contribution is 6.09. The molecule has 2 aromatic carbocycles. The molecule has 1 aliphatic rings. The third-order valence-corrected chi connectivity index (χ3v) is 5.70. The first-order valence-electron chi connectivity index (χ1n) is 10.6. The molecule has 0 aliphatic carbocycles. The third-order valence-electron chi connectivity index (χ3n) is 5.70. The molecule has 0 saturated heterocycles. The molecule has 0 radical (unpaired) electrons. The second kappa shape index (κ2) is 8.70. The van der Waals surface area contributed by atoms with E-state index in [9.17, 15) is 19.5 Å². The number of carbonyl (C=O) groups is 2. The van der Waals surface area contributed by atoms with Crippen LogP contribution in [0.4, 0.5) is 0 Å². The smallest absolute Gasteiger partial charge is 0.336 e. The normalized spacial score (nSPS) is 14.9. The maximum atomic E-state index is 12.7. The Morgan fingerprint density at radius 3 is 2.65 bits per heavy atom. The van der Waals surface area contributed by atoms with Crippen LogP contribution in [0.3, 0.4) is 0 Å². The molecular weight excluding hydrogens is 440 g/mol. The number of esters is 1. The number of ether oxygens (including phenoxy) is 3. The van der Waals surface area contributed by atoms with Gasteiger partial charge in [0, 0.05) is 23.1 Å². The summed E-state index contributed by atoms with van der Waals surface area (Å²) < 4.78 is 22.5. The Balaban J connectivity index is 2.12. The molecule has 1 aromatic heterocycles. The van der Waals surface area contributed by atoms with Crippen LogP contribution in [-0.2, 0) is 4.79 Å². The fraction of sp³-hybridized carbons (Fsp3) is 0.269. The minimum absolute atomic E-state index is 0.0497. The summed E-state index contributed by atoms with van der Waals surface area (Å²) >= 11 is 0. The molecule has 3 aromatic rings. The Hall–Kier alpha value is -4.07. The Morgan fingerprint density at radius 2 is 2.00 bits per heavy atom. The average Bonchev–Trinajstić information content (AvgIpc) is 2.75. The summed E-state index contributed by atoms with van der Waals surface area (Å²) in [5.41, 5.74) is 1.35. The highest BCUT2D eigenvalue weighted by atomic mass is 16.5. The van der Waals surface area contributed by atoms with Gasteiger partial charge in [0.05, 0.1) is 18.9 Å². The molecule has 0 saturated carbocycles. The van der Waals surface area contributed by atoms with Gasteiger partial charge in [-0.3, -0.25) is 9.59 Å². The van der Waals surface area contributed by atoms with Gasteiger partial charge in [0.25, 0.3) is 0 Å². The molecule has 4 rings (SSSR count). The number of methoxy groups -OCH3 is 1. The predicted octanol–water partition coefficient (Wildman–Crippen LogP) is 4.41. The third kappa shape index (κ3) is 3.81. The molecule has 0 fully saturated rings. The molecule has 34 heavy (non-hydrogen) atoms. The molecule has 1 N–H and O–H groups in total. The lowest BCUT2D eigenvalue weighted by atomic mass is 9.82. The summed E-state index contributed by atoms with van der Waals surface area (Å²) in [5, 5.41) is 11.2. The van der Waals surface area contributed by atoms with Gasteiger partial charge < -0.3 is 23.7 Å². The van der Waals surface area contributed by atoms with Gasteiger partial charge in [-0.05, 0) is 38.0 Å². The number of aromatic hydroxyl groups is 1. The lowest BCUT2D eigenvalue weighted by Gasteiger charge is -2.29. The van der Waals surface area contributed by atoms with Gasteiger partial charge in [-0.25, -0.2) is 4.79 Å². The van der Waals surface area contributed by atoms with E-state index in [1.165, 1.54) is 20.1 Å². The van der Waals surface area contributed by atoms with Crippen molar-refractivity contribution in [2.75, 3.05) is 13.7 Å². The predicted molar refractivity (Wildman–Crippen MR) is 124 cm³/mol. The van der Waals surface area contributed by atoms with Crippen LogP contribution >= 0.6 is 0 Å². The summed E-state index contributed by atoms with van der Waals surface area (Å²) in [6, 6.07) is 6.47. The standard InChI is InChI=1S/C26H24O8/c1-12(2)11-32-24-15(7-6-8-17(24)31-5)16-10-19(29)34-26-21(14(4)27)23(30)20-13(3)9-18(28)33-25(20)22(16)26/h6-9,16,30H,1,10-11H2,2-5H3. The highest BCUT2D eigenvalue weighted by Crippen LogP contribution is 2.51. The van der Waals surface area contributed by atoms with E-state index in [4.69, 9.17) is 18.6 Å². The van der Waals surface area contributed by atoms with Crippen molar-refractivity contribution >= 4 is 22.7 Å². The number of para-hydroxylation sites is 1. The van der Waals surface area contributed by atoms with Gasteiger partial charge in [0.2, 0.25) is 0 Å². The molecule has 1 atom stereocenters. The number of benzene rings is 2. The number of hydrogen-bond acceptors (Lipinski definition) is 8. The fourth-order valence-corrected chi connectivity index (χ4v) is 4.32. The number of aryl methyl sites for hydroxylation is 1. The number of hydrogen-bond donors (Lipinski definition) is 1. The monoisotopic (exact) mass is 464 g/mol. The second-order valence-corrected chi connectivity index (χ2v) is 8.33. The van der Waals surface area contributed by atoms with Crippen molar-refractivity contribution in [3.8, 4) is 23.0 Å². The zero-order valence-corrected chi connectivity index (χ0v) is 19.3. The molecule has 1 aliphatic heterocycles. The van der Waals surface area contributed by atoms with Gasteiger partial charge in [-0.1, -0.05) is 18.7 Å². The second-order valence-electron chi connectivity index (χ2n) is 8.33. The number of phenols is 1. The number of ketones is 1. The molecule has 8 heteroatoms. The van der Waals surface area contributed by atoms with E-state index in [1.807, 2.05) is 6.92 Å². The number of fused-ring (bicyclic) bond motifs is 3. The number of Topliss-reactive ketones (excluding diaryl/α,β-unsaturated/α-hetero) is 1. The topological polar surface area (TPSA) is 112 Å². The minimum atomic E-state index is -0.711. The zero-order chi connectivity index (χ0) is 24.7. The van der Waals surface area contributed by atoms with Crippen molar-refractivity contribution < 1.29 is 33.3 Å². The summed E-state index contributed by atoms with van der Waals surface area (Å²) in [5.74, 6) is -1.52. The van der Waals surface area contributed by atoms with E-state index in [0.717, 1.165) is 5.57 Å². The minimum Gasteiger partial charge on any atom is -0.506 e. The van der Waals surface area contributed by atoms with E-state index >= 15 is 0 Å². The van der Waals surface area contributed by atoms with Crippen molar-refractivity contribution in [1.82, 2.24) is 0 Å². The van der Waals surface area contributed by atoms with Crippen LogP contribution in [0.15, 0.2) is 45.6 Å². The van der Waals surface area contributed by atoms with Crippen molar-refractivity contribution in [3.63, 3.8) is 0 Å². The van der Waals surface area contributed by atoms with Crippen LogP contribution in [0.5, 0.6) is 23.0 Å². The number of phenolic OH excluding ortho intramolecular Hbond substituents is 1.